The van der Waals surface area contributed by atoms with Crippen molar-refractivity contribution in [1.29, 1.82) is 0 Å². The number of aliphatic hydroxyl groups is 3. The molecule has 7 heteroatoms. The molecule has 6 unspecified atom stereocenters. The van der Waals surface area contributed by atoms with Gasteiger partial charge in [0, 0.05) is 49.3 Å². The molecule has 4 saturated carbocycles. The van der Waals surface area contributed by atoms with E-state index >= 15 is 0 Å². The third-order valence-corrected chi connectivity index (χ3v) is 10.1. The molecule has 174 valence electrons. The number of nitrogens with zero attached hydrogens (tertiary/aromatic N) is 1. The average Bonchev–Trinajstić information content (AvgIpc) is 3.40. The molecule has 1 aliphatic heterocycles. The molecule has 0 aromatic heterocycles. The monoisotopic (exact) mass is 434 g/mol. The van der Waals surface area contributed by atoms with Gasteiger partial charge in [-0.15, -0.1) is 0 Å². The SMILES string of the molecule is C[C@]12CCC3C(C(O)[C@H](CO)C4C/C(=N\OC5CCNC5)CC[C@]34CO)C1CCC2=O. The van der Waals surface area contributed by atoms with E-state index in [-0.39, 0.29) is 59.7 Å². The second-order valence-corrected chi connectivity index (χ2v) is 11.1. The summed E-state index contributed by atoms with van der Waals surface area (Å²) in [4.78, 5) is 18.5. The Bertz CT molecular complexity index is 737. The van der Waals surface area contributed by atoms with Crippen molar-refractivity contribution in [2.75, 3.05) is 26.3 Å². The Morgan fingerprint density at radius 2 is 1.97 bits per heavy atom. The fourth-order valence-electron chi connectivity index (χ4n) is 8.30. The second-order valence-electron chi connectivity index (χ2n) is 11.1. The maximum Gasteiger partial charge on any atom is 0.141 e. The van der Waals surface area contributed by atoms with Gasteiger partial charge in [-0.2, -0.15) is 0 Å². The van der Waals surface area contributed by atoms with E-state index in [1.807, 2.05) is 0 Å². The summed E-state index contributed by atoms with van der Waals surface area (Å²) in [5.41, 5.74) is 0.315. The van der Waals surface area contributed by atoms with Crippen LogP contribution in [-0.4, -0.2) is 65.3 Å². The van der Waals surface area contributed by atoms with Crippen molar-refractivity contribution in [3.8, 4) is 0 Å². The molecule has 0 spiro atoms. The van der Waals surface area contributed by atoms with Crippen LogP contribution in [0.3, 0.4) is 0 Å². The smallest absolute Gasteiger partial charge is 0.141 e. The number of hydrogen-bond donors (Lipinski definition) is 4. The van der Waals surface area contributed by atoms with Crippen LogP contribution >= 0.6 is 0 Å². The van der Waals surface area contributed by atoms with Crippen molar-refractivity contribution < 1.29 is 25.0 Å². The molecule has 31 heavy (non-hydrogen) atoms. The predicted octanol–water partition coefficient (Wildman–Crippen LogP) is 1.49. The van der Waals surface area contributed by atoms with Crippen LogP contribution in [0.1, 0.15) is 58.3 Å². The zero-order chi connectivity index (χ0) is 21.8. The fraction of sp³-hybridized carbons (Fsp3) is 0.917. The summed E-state index contributed by atoms with van der Waals surface area (Å²) in [6.45, 7) is 3.83. The summed E-state index contributed by atoms with van der Waals surface area (Å²) in [5, 5.41) is 40.4. The van der Waals surface area contributed by atoms with Crippen LogP contribution in [0.25, 0.3) is 0 Å². The van der Waals surface area contributed by atoms with Gasteiger partial charge in [-0.1, -0.05) is 12.1 Å². The van der Waals surface area contributed by atoms with Gasteiger partial charge in [-0.25, -0.2) is 0 Å². The Labute approximate surface area is 184 Å². The van der Waals surface area contributed by atoms with Crippen LogP contribution in [0.4, 0.5) is 0 Å². The molecule has 0 bridgehead atoms. The molecule has 0 aromatic rings. The first-order valence-electron chi connectivity index (χ1n) is 12.3. The molecular formula is C24H38N2O5. The van der Waals surface area contributed by atoms with E-state index < -0.39 is 6.10 Å². The summed E-state index contributed by atoms with van der Waals surface area (Å²) in [6.07, 6.45) is 5.82. The number of oxime groups is 1. The highest BCUT2D eigenvalue weighted by atomic mass is 16.6. The quantitative estimate of drug-likeness (QED) is 0.499. The topological polar surface area (TPSA) is 111 Å². The number of rotatable bonds is 4. The van der Waals surface area contributed by atoms with Gasteiger partial charge in [0.2, 0.25) is 0 Å². The minimum atomic E-state index is -0.644. The normalized spacial score (nSPS) is 50.8. The summed E-state index contributed by atoms with van der Waals surface area (Å²) in [7, 11) is 0. The molecule has 1 saturated heterocycles. The van der Waals surface area contributed by atoms with Crippen molar-refractivity contribution in [2.45, 2.75) is 70.5 Å². The van der Waals surface area contributed by atoms with Gasteiger partial charge in [-0.05, 0) is 68.7 Å². The van der Waals surface area contributed by atoms with E-state index in [4.69, 9.17) is 4.84 Å². The van der Waals surface area contributed by atoms with E-state index in [1.165, 1.54) is 0 Å². The summed E-state index contributed by atoms with van der Waals surface area (Å²) in [6, 6.07) is 0. The maximum absolute atomic E-state index is 12.7. The van der Waals surface area contributed by atoms with Gasteiger partial charge in [0.25, 0.3) is 0 Å². The van der Waals surface area contributed by atoms with Gasteiger partial charge < -0.3 is 25.5 Å². The number of carbonyl (C=O) groups is 1. The van der Waals surface area contributed by atoms with E-state index in [0.29, 0.717) is 18.6 Å². The Morgan fingerprint density at radius 1 is 1.13 bits per heavy atom. The van der Waals surface area contributed by atoms with Crippen molar-refractivity contribution >= 4 is 11.5 Å². The summed E-state index contributed by atoms with van der Waals surface area (Å²) in [5.74, 6) is 0.333. The van der Waals surface area contributed by atoms with E-state index in [0.717, 1.165) is 57.3 Å². The highest BCUT2D eigenvalue weighted by Crippen LogP contribution is 2.66. The first-order valence-corrected chi connectivity index (χ1v) is 12.3. The molecule has 7 nitrogen and oxygen atoms in total. The minimum absolute atomic E-state index is 0.0157. The molecule has 0 amide bonds. The number of nitrogens with one attached hydrogen (secondary N) is 1. The van der Waals surface area contributed by atoms with Gasteiger partial charge in [0.05, 0.1) is 11.8 Å². The lowest BCUT2D eigenvalue weighted by Gasteiger charge is -2.63. The highest BCUT2D eigenvalue weighted by Gasteiger charge is 2.66. The van der Waals surface area contributed by atoms with Crippen LogP contribution in [0.5, 0.6) is 0 Å². The van der Waals surface area contributed by atoms with Crippen LogP contribution in [0.2, 0.25) is 0 Å². The van der Waals surface area contributed by atoms with Gasteiger partial charge in [0.1, 0.15) is 11.9 Å². The summed E-state index contributed by atoms with van der Waals surface area (Å²) >= 11 is 0. The van der Waals surface area contributed by atoms with Crippen LogP contribution in [0.15, 0.2) is 5.16 Å². The molecular weight excluding hydrogens is 396 g/mol. The minimum Gasteiger partial charge on any atom is -0.396 e. The van der Waals surface area contributed by atoms with E-state index in [1.54, 1.807) is 0 Å². The van der Waals surface area contributed by atoms with Gasteiger partial charge in [-0.3, -0.25) is 4.79 Å². The lowest BCUT2D eigenvalue weighted by Crippen LogP contribution is -2.64. The van der Waals surface area contributed by atoms with Crippen LogP contribution in [0, 0.1) is 40.4 Å². The lowest BCUT2D eigenvalue weighted by atomic mass is 9.42. The Hall–Kier alpha value is -1.02. The number of aliphatic hydroxyl groups excluding tert-OH is 3. The van der Waals surface area contributed by atoms with E-state index in [2.05, 4.69) is 17.4 Å². The first-order chi connectivity index (χ1) is 14.9. The lowest BCUT2D eigenvalue weighted by molar-refractivity contribution is -0.204. The molecule has 1 heterocycles. The Morgan fingerprint density at radius 3 is 2.68 bits per heavy atom. The average molecular weight is 435 g/mol. The third-order valence-electron chi connectivity index (χ3n) is 10.1. The number of Topliss-reactive ketones (excluding diaryl/α,β-unsaturated/α-hetero) is 1. The molecule has 5 rings (SSSR count). The Balaban J connectivity index is 1.44. The van der Waals surface area contributed by atoms with Crippen LogP contribution < -0.4 is 5.32 Å². The molecule has 5 fully saturated rings. The standard InChI is InChI=1S/C24H38N2O5/c1-23-7-5-18-21(17(23)2-3-20(23)29)22(30)16(12-27)19-10-14(4-8-24(18,19)13-28)26-31-15-6-9-25-11-15/h15-19,21-22,25,27-28,30H,2-13H2,1H3/b26-14-/t15?,16-,17?,18?,19?,21?,22?,23+,24+/m1/s1. The van der Waals surface area contributed by atoms with Crippen molar-refractivity contribution in [3.63, 3.8) is 0 Å². The van der Waals surface area contributed by atoms with Gasteiger partial charge in [0.15, 0.2) is 0 Å². The molecule has 4 aliphatic carbocycles. The summed E-state index contributed by atoms with van der Waals surface area (Å²) < 4.78 is 0. The predicted molar refractivity (Wildman–Crippen MR) is 115 cm³/mol. The molecule has 5 aliphatic rings. The zero-order valence-electron chi connectivity index (χ0n) is 18.6. The Kier molecular flexibility index (Phi) is 5.69. The van der Waals surface area contributed by atoms with E-state index in [9.17, 15) is 20.1 Å². The number of fused-ring (bicyclic) bond motifs is 5. The van der Waals surface area contributed by atoms with Crippen molar-refractivity contribution in [2.24, 2.45) is 45.6 Å². The van der Waals surface area contributed by atoms with Gasteiger partial charge >= 0.3 is 0 Å². The third kappa shape index (κ3) is 3.22. The number of carbonyl (C=O) groups excluding carboxylic acids is 1. The van der Waals surface area contributed by atoms with Crippen molar-refractivity contribution in [3.05, 3.63) is 0 Å². The second kappa shape index (κ2) is 8.08. The largest absolute Gasteiger partial charge is 0.396 e. The first kappa shape index (κ1) is 21.8. The number of ketones is 1. The molecule has 0 radical (unpaired) electrons. The number of hydrogen-bond acceptors (Lipinski definition) is 7. The molecule has 0 aromatic carbocycles. The fourth-order valence-corrected chi connectivity index (χ4v) is 8.30. The van der Waals surface area contributed by atoms with Crippen LogP contribution in [-0.2, 0) is 9.63 Å². The van der Waals surface area contributed by atoms with Crippen molar-refractivity contribution in [1.82, 2.24) is 5.32 Å². The zero-order valence-corrected chi connectivity index (χ0v) is 18.6. The highest BCUT2D eigenvalue weighted by molar-refractivity contribution is 5.87. The molecule has 9 atom stereocenters. The molecule has 4 N–H and O–H groups in total. The maximum atomic E-state index is 12.7.